The first-order chi connectivity index (χ1) is 25.8. The Morgan fingerprint density at radius 1 is 0.709 bits per heavy atom. The van der Waals surface area contributed by atoms with Gasteiger partial charge in [0.1, 0.15) is 15.5 Å². The van der Waals surface area contributed by atoms with Gasteiger partial charge in [-0.05, 0) is 84.5 Å². The molecule has 6 rings (SSSR count). The second kappa shape index (κ2) is 17.9. The number of esters is 2. The molecule has 4 aromatic heterocycles. The molecule has 2 fully saturated rings. The maximum Gasteiger partial charge on any atom is 0.341 e. The number of pyridine rings is 2. The Kier molecular flexibility index (Phi) is 14.3. The van der Waals surface area contributed by atoms with Crippen molar-refractivity contribution < 1.29 is 28.5 Å². The van der Waals surface area contributed by atoms with Gasteiger partial charge < -0.3 is 18.9 Å². The number of aromatic nitrogens is 6. The summed E-state index contributed by atoms with van der Waals surface area (Å²) >= 11 is 17.3. The van der Waals surface area contributed by atoms with Gasteiger partial charge in [-0.1, -0.05) is 90.2 Å². The van der Waals surface area contributed by atoms with Crippen molar-refractivity contribution in [3.8, 4) is 17.6 Å². The molecule has 0 amide bonds. The van der Waals surface area contributed by atoms with Gasteiger partial charge in [-0.25, -0.2) is 29.3 Å². The van der Waals surface area contributed by atoms with Crippen LogP contribution in [0.3, 0.4) is 0 Å². The van der Waals surface area contributed by atoms with Gasteiger partial charge in [-0.15, -0.1) is 5.10 Å². The molecule has 15 heteroatoms. The fraction of sp³-hybridized carbons (Fsp3) is 0.550. The second-order valence-electron chi connectivity index (χ2n) is 15.7. The summed E-state index contributed by atoms with van der Waals surface area (Å²) in [6.45, 7) is 24.0. The Morgan fingerprint density at radius 2 is 1.22 bits per heavy atom. The predicted molar refractivity (Wildman–Crippen MR) is 213 cm³/mol. The Hall–Kier alpha value is -3.87. The molecule has 0 radical (unpaired) electrons. The molecule has 0 bridgehead atoms. The second-order valence-corrected chi connectivity index (χ2v) is 16.8. The Balaban J connectivity index is 0.000000202. The Labute approximate surface area is 338 Å². The van der Waals surface area contributed by atoms with E-state index in [9.17, 15) is 9.59 Å². The molecule has 0 atom stereocenters. The highest BCUT2D eigenvalue weighted by Gasteiger charge is 2.64. The number of nitrogens with one attached hydrogen (secondary N) is 1. The van der Waals surface area contributed by atoms with E-state index in [1.807, 2.05) is 6.07 Å². The van der Waals surface area contributed by atoms with Gasteiger partial charge in [0.05, 0.1) is 43.8 Å². The zero-order chi connectivity index (χ0) is 40.8. The summed E-state index contributed by atoms with van der Waals surface area (Å²) in [5.41, 5.74) is 2.11. The van der Waals surface area contributed by atoms with E-state index in [0.29, 0.717) is 52.5 Å². The van der Waals surface area contributed by atoms with Gasteiger partial charge in [0.15, 0.2) is 5.82 Å². The molecule has 0 aromatic carbocycles. The van der Waals surface area contributed by atoms with Crippen LogP contribution in [0, 0.1) is 33.5 Å². The summed E-state index contributed by atoms with van der Waals surface area (Å²) in [5.74, 6) is 2.27. The minimum Gasteiger partial charge on any atom is -0.478 e. The number of hydrogen-bond acceptors (Lipinski definition) is 10. The summed E-state index contributed by atoms with van der Waals surface area (Å²) in [5, 5.41) is 11.4. The monoisotopic (exact) mass is 818 g/mol. The zero-order valence-electron chi connectivity index (χ0n) is 33.3. The summed E-state index contributed by atoms with van der Waals surface area (Å²) in [7, 11) is 0. The lowest BCUT2D eigenvalue weighted by Gasteiger charge is -2.06. The van der Waals surface area contributed by atoms with E-state index in [1.165, 1.54) is 12.1 Å². The van der Waals surface area contributed by atoms with Crippen molar-refractivity contribution in [2.45, 2.75) is 82.1 Å². The van der Waals surface area contributed by atoms with Crippen molar-refractivity contribution >= 4 is 46.7 Å². The van der Waals surface area contributed by atoms with Crippen LogP contribution >= 0.6 is 34.8 Å². The zero-order valence-corrected chi connectivity index (χ0v) is 35.6. The van der Waals surface area contributed by atoms with Gasteiger partial charge in [0, 0.05) is 18.3 Å². The molecule has 2 aliphatic carbocycles. The summed E-state index contributed by atoms with van der Waals surface area (Å²) in [6.07, 6.45) is 5.59. The first kappa shape index (κ1) is 43.9. The summed E-state index contributed by atoms with van der Waals surface area (Å²) in [6, 6.07) is 9.86. The molecule has 0 spiro atoms. The molecule has 4 aromatic rings. The average Bonchev–Trinajstić information content (AvgIpc) is 3.57. The van der Waals surface area contributed by atoms with E-state index in [0.717, 1.165) is 31.2 Å². The van der Waals surface area contributed by atoms with Crippen LogP contribution in [-0.2, 0) is 9.47 Å². The maximum absolute atomic E-state index is 11.8. The van der Waals surface area contributed by atoms with Crippen molar-refractivity contribution in [1.82, 2.24) is 29.9 Å². The highest BCUT2D eigenvalue weighted by atomic mass is 35.5. The molecule has 1 N–H and O–H groups in total. The van der Waals surface area contributed by atoms with Crippen LogP contribution < -0.4 is 9.47 Å². The Bertz CT molecular complexity index is 1880. The van der Waals surface area contributed by atoms with E-state index in [1.54, 1.807) is 49.1 Å². The number of carbonyl (C=O) groups is 2. The molecule has 0 unspecified atom stereocenters. The first-order valence-electron chi connectivity index (χ1n) is 18.4. The molecular formula is C40H53Cl3N6O6. The number of carbonyl (C=O) groups excluding carboxylic acids is 2. The molecule has 12 nitrogen and oxygen atoms in total. The standard InChI is InChI=1S/C20H26ClN3O3.C12H20N2O.C8H7Cl2NO2/c1-6-26-18(25)13-7-8-15(22-17(13)21)24-11-9-16(23-24)27-12-10-14-19(2,3)20(14,4)5;1-11(2)9(12(11,3)4)6-8-15-10-5-7-13-14-10;1-2-13-8(12)5-3-4-6(9)11-7(5)10/h7-9,11,14H,6,10,12H2,1-5H3;5,7,9H,6,8H2,1-4H3,(H,13,14);3-4H,2H2,1H3. The number of ether oxygens (including phenoxy) is 4. The minimum absolute atomic E-state index is 0.0611. The van der Waals surface area contributed by atoms with Crippen molar-refractivity contribution in [3.05, 3.63) is 75.4 Å². The number of rotatable bonds is 13. The highest BCUT2D eigenvalue weighted by Crippen LogP contribution is 2.70. The average molecular weight is 820 g/mol. The van der Waals surface area contributed by atoms with Gasteiger partial charge in [-0.2, -0.15) is 5.10 Å². The lowest BCUT2D eigenvalue weighted by atomic mass is 10.0. The quantitative estimate of drug-likeness (QED) is 0.102. The van der Waals surface area contributed by atoms with Crippen LogP contribution in [0.2, 0.25) is 15.5 Å². The van der Waals surface area contributed by atoms with Crippen LogP contribution in [0.1, 0.15) is 103 Å². The van der Waals surface area contributed by atoms with E-state index in [-0.39, 0.29) is 33.2 Å². The van der Waals surface area contributed by atoms with E-state index in [4.69, 9.17) is 53.8 Å². The summed E-state index contributed by atoms with van der Waals surface area (Å²) < 4.78 is 22.6. The normalized spacial score (nSPS) is 17.1. The van der Waals surface area contributed by atoms with Crippen LogP contribution in [0.5, 0.6) is 11.8 Å². The van der Waals surface area contributed by atoms with Gasteiger partial charge in [0.25, 0.3) is 0 Å². The lowest BCUT2D eigenvalue weighted by Crippen LogP contribution is -2.08. The molecule has 0 aliphatic heterocycles. The van der Waals surface area contributed by atoms with Crippen molar-refractivity contribution in [3.63, 3.8) is 0 Å². The molecular weight excluding hydrogens is 767 g/mol. The van der Waals surface area contributed by atoms with Gasteiger partial charge in [-0.3, -0.25) is 0 Å². The van der Waals surface area contributed by atoms with Crippen LogP contribution in [0.4, 0.5) is 0 Å². The number of H-pyrrole nitrogens is 1. The first-order valence-corrected chi connectivity index (χ1v) is 19.6. The third kappa shape index (κ3) is 10.3. The van der Waals surface area contributed by atoms with Crippen LogP contribution in [0.15, 0.2) is 48.8 Å². The number of aromatic amines is 1. The van der Waals surface area contributed by atoms with E-state index < -0.39 is 11.9 Å². The predicted octanol–water partition coefficient (Wildman–Crippen LogP) is 9.97. The largest absolute Gasteiger partial charge is 0.478 e. The minimum atomic E-state index is -0.489. The molecule has 4 heterocycles. The fourth-order valence-corrected chi connectivity index (χ4v) is 7.85. The number of halogens is 3. The molecule has 55 heavy (non-hydrogen) atoms. The van der Waals surface area contributed by atoms with E-state index >= 15 is 0 Å². The fourth-order valence-electron chi connectivity index (χ4n) is 7.20. The van der Waals surface area contributed by atoms with E-state index in [2.05, 4.69) is 80.7 Å². The number of hydrogen-bond donors (Lipinski definition) is 1. The van der Waals surface area contributed by atoms with Crippen molar-refractivity contribution in [2.75, 3.05) is 26.4 Å². The molecule has 2 aliphatic rings. The van der Waals surface area contributed by atoms with Crippen molar-refractivity contribution in [2.24, 2.45) is 33.5 Å². The van der Waals surface area contributed by atoms with Gasteiger partial charge in [0.2, 0.25) is 11.8 Å². The Morgan fingerprint density at radius 3 is 1.67 bits per heavy atom. The van der Waals surface area contributed by atoms with Crippen molar-refractivity contribution in [1.29, 1.82) is 0 Å². The topological polar surface area (TPSA) is 143 Å². The third-order valence-corrected chi connectivity index (χ3v) is 12.7. The molecule has 2 saturated carbocycles. The summed E-state index contributed by atoms with van der Waals surface area (Å²) in [4.78, 5) is 30.9. The highest BCUT2D eigenvalue weighted by molar-refractivity contribution is 6.34. The number of nitrogens with zero attached hydrogens (tertiary/aromatic N) is 5. The maximum atomic E-state index is 11.8. The van der Waals surface area contributed by atoms with Crippen LogP contribution in [0.25, 0.3) is 5.82 Å². The van der Waals surface area contributed by atoms with Gasteiger partial charge >= 0.3 is 11.9 Å². The molecule has 0 saturated heterocycles. The SMILES string of the molecule is CC1(C)C(CCOc2ccn[nH]2)C1(C)C.CCOC(=O)c1ccc(-n2ccc(OCCC3C(C)(C)C3(C)C)n2)nc1Cl.CCOC(=O)c1ccc(Cl)nc1Cl. The third-order valence-electron chi connectivity index (χ3n) is 11.9. The lowest BCUT2D eigenvalue weighted by molar-refractivity contribution is 0.0516. The van der Waals surface area contributed by atoms with Crippen LogP contribution in [-0.4, -0.2) is 68.3 Å². The smallest absolute Gasteiger partial charge is 0.341 e. The molecule has 300 valence electrons.